The number of amides is 2. The van der Waals surface area contributed by atoms with E-state index in [0.717, 1.165) is 5.75 Å². The SMILES string of the molecule is CSCCNC(=O)Nc1ccc(Cl)cc1C(=O)O. The molecule has 0 aromatic heterocycles. The van der Waals surface area contributed by atoms with Gasteiger partial charge in [-0.25, -0.2) is 9.59 Å². The summed E-state index contributed by atoms with van der Waals surface area (Å²) < 4.78 is 0. The molecule has 0 bridgehead atoms. The first-order valence-corrected chi connectivity index (χ1v) is 6.88. The number of rotatable bonds is 5. The van der Waals surface area contributed by atoms with E-state index >= 15 is 0 Å². The van der Waals surface area contributed by atoms with Crippen LogP contribution < -0.4 is 10.6 Å². The van der Waals surface area contributed by atoms with Crippen LogP contribution in [-0.2, 0) is 0 Å². The average molecular weight is 289 g/mol. The fourth-order valence-electron chi connectivity index (χ4n) is 1.24. The van der Waals surface area contributed by atoms with Crippen LogP contribution in [0.1, 0.15) is 10.4 Å². The number of carbonyl (C=O) groups excluding carboxylic acids is 1. The van der Waals surface area contributed by atoms with Gasteiger partial charge in [0.25, 0.3) is 0 Å². The Morgan fingerprint density at radius 2 is 2.17 bits per heavy atom. The highest BCUT2D eigenvalue weighted by Gasteiger charge is 2.12. The number of aromatic carboxylic acids is 1. The number of urea groups is 1. The third-order valence-electron chi connectivity index (χ3n) is 2.05. The molecule has 0 unspecified atom stereocenters. The van der Waals surface area contributed by atoms with Crippen molar-refractivity contribution in [1.82, 2.24) is 5.32 Å². The van der Waals surface area contributed by atoms with Gasteiger partial charge in [-0.1, -0.05) is 11.6 Å². The first-order chi connectivity index (χ1) is 8.54. The van der Waals surface area contributed by atoms with Crippen molar-refractivity contribution >= 4 is 41.1 Å². The smallest absolute Gasteiger partial charge is 0.337 e. The van der Waals surface area contributed by atoms with Gasteiger partial charge < -0.3 is 15.7 Å². The zero-order valence-corrected chi connectivity index (χ0v) is 11.3. The third-order valence-corrected chi connectivity index (χ3v) is 2.90. The van der Waals surface area contributed by atoms with Gasteiger partial charge in [0, 0.05) is 17.3 Å². The second-order valence-corrected chi connectivity index (χ2v) is 4.79. The predicted molar refractivity (Wildman–Crippen MR) is 73.8 cm³/mol. The number of hydrogen-bond donors (Lipinski definition) is 3. The van der Waals surface area contributed by atoms with Crippen molar-refractivity contribution in [2.75, 3.05) is 23.9 Å². The van der Waals surface area contributed by atoms with Gasteiger partial charge in [0.2, 0.25) is 0 Å². The van der Waals surface area contributed by atoms with Crippen LogP contribution in [0.3, 0.4) is 0 Å². The highest BCUT2D eigenvalue weighted by molar-refractivity contribution is 7.98. The van der Waals surface area contributed by atoms with Crippen molar-refractivity contribution in [1.29, 1.82) is 0 Å². The van der Waals surface area contributed by atoms with Gasteiger partial charge in [0.05, 0.1) is 11.3 Å². The second-order valence-electron chi connectivity index (χ2n) is 3.37. The molecule has 3 N–H and O–H groups in total. The molecular formula is C11H13ClN2O3S. The van der Waals surface area contributed by atoms with E-state index < -0.39 is 12.0 Å². The van der Waals surface area contributed by atoms with E-state index in [9.17, 15) is 9.59 Å². The first kappa shape index (κ1) is 14.7. The van der Waals surface area contributed by atoms with Gasteiger partial charge in [-0.3, -0.25) is 0 Å². The van der Waals surface area contributed by atoms with Crippen LogP contribution in [-0.4, -0.2) is 35.7 Å². The van der Waals surface area contributed by atoms with Gasteiger partial charge in [-0.2, -0.15) is 11.8 Å². The second kappa shape index (κ2) is 7.13. The number of carbonyl (C=O) groups is 2. The summed E-state index contributed by atoms with van der Waals surface area (Å²) in [7, 11) is 0. The van der Waals surface area contributed by atoms with Gasteiger partial charge in [0.15, 0.2) is 0 Å². The molecule has 0 aliphatic carbocycles. The molecule has 0 fully saturated rings. The summed E-state index contributed by atoms with van der Waals surface area (Å²) in [5.41, 5.74) is 0.177. The lowest BCUT2D eigenvalue weighted by molar-refractivity contribution is 0.0698. The lowest BCUT2D eigenvalue weighted by Crippen LogP contribution is -2.31. The molecule has 18 heavy (non-hydrogen) atoms. The largest absolute Gasteiger partial charge is 0.478 e. The quantitative estimate of drug-likeness (QED) is 0.728. The normalized spacial score (nSPS) is 9.89. The molecule has 1 rings (SSSR count). The van der Waals surface area contributed by atoms with Crippen LogP contribution in [0, 0.1) is 0 Å². The molecule has 2 amide bonds. The Morgan fingerprint density at radius 3 is 2.78 bits per heavy atom. The number of halogens is 1. The summed E-state index contributed by atoms with van der Waals surface area (Å²) in [5, 5.41) is 14.4. The van der Waals surface area contributed by atoms with Crippen LogP contribution in [0.15, 0.2) is 18.2 Å². The van der Waals surface area contributed by atoms with E-state index in [1.807, 2.05) is 6.26 Å². The van der Waals surface area contributed by atoms with E-state index in [0.29, 0.717) is 11.6 Å². The Balaban J connectivity index is 2.72. The number of carboxylic acid groups (broad SMARTS) is 1. The number of anilines is 1. The summed E-state index contributed by atoms with van der Waals surface area (Å²) in [6.07, 6.45) is 1.93. The molecule has 0 atom stereocenters. The van der Waals surface area contributed by atoms with Crippen molar-refractivity contribution in [2.24, 2.45) is 0 Å². The van der Waals surface area contributed by atoms with Crippen molar-refractivity contribution in [3.8, 4) is 0 Å². The summed E-state index contributed by atoms with van der Waals surface area (Å²) >= 11 is 7.31. The molecule has 7 heteroatoms. The predicted octanol–water partition coefficient (Wildman–Crippen LogP) is 2.52. The Kier molecular flexibility index (Phi) is 5.80. The topological polar surface area (TPSA) is 78.4 Å². The Hall–Kier alpha value is -1.40. The van der Waals surface area contributed by atoms with Crippen molar-refractivity contribution in [3.05, 3.63) is 28.8 Å². The van der Waals surface area contributed by atoms with Gasteiger partial charge in [0.1, 0.15) is 0 Å². The summed E-state index contributed by atoms with van der Waals surface area (Å²) in [5.74, 6) is -0.350. The maximum Gasteiger partial charge on any atom is 0.337 e. The maximum atomic E-state index is 11.5. The lowest BCUT2D eigenvalue weighted by atomic mass is 10.2. The Labute approximate surface area is 114 Å². The van der Waals surface area contributed by atoms with E-state index in [2.05, 4.69) is 10.6 Å². The number of nitrogens with one attached hydrogen (secondary N) is 2. The van der Waals surface area contributed by atoms with Gasteiger partial charge >= 0.3 is 12.0 Å². The third kappa shape index (κ3) is 4.46. The number of thioether (sulfide) groups is 1. The summed E-state index contributed by atoms with van der Waals surface area (Å²) in [4.78, 5) is 22.5. The number of hydrogen-bond acceptors (Lipinski definition) is 3. The van der Waals surface area contributed by atoms with Crippen molar-refractivity contribution in [3.63, 3.8) is 0 Å². The minimum Gasteiger partial charge on any atom is -0.478 e. The molecule has 1 aromatic carbocycles. The van der Waals surface area contributed by atoms with Crippen molar-refractivity contribution in [2.45, 2.75) is 0 Å². The fourth-order valence-corrected chi connectivity index (χ4v) is 1.71. The van der Waals surface area contributed by atoms with E-state index in [-0.39, 0.29) is 11.3 Å². The van der Waals surface area contributed by atoms with Crippen molar-refractivity contribution < 1.29 is 14.7 Å². The molecule has 0 heterocycles. The standard InChI is InChI=1S/C11H13ClN2O3S/c1-18-5-4-13-11(17)14-9-3-2-7(12)6-8(9)10(15)16/h2-3,6H,4-5H2,1H3,(H,15,16)(H2,13,14,17). The molecule has 0 saturated carbocycles. The molecule has 0 saturated heterocycles. The number of carboxylic acids is 1. The molecule has 98 valence electrons. The van der Waals surface area contributed by atoms with E-state index in [1.165, 1.54) is 18.2 Å². The minimum atomic E-state index is -1.14. The monoisotopic (exact) mass is 288 g/mol. The Bertz CT molecular complexity index is 454. The molecule has 0 radical (unpaired) electrons. The van der Waals surface area contributed by atoms with Crippen LogP contribution >= 0.6 is 23.4 Å². The van der Waals surface area contributed by atoms with E-state index in [1.54, 1.807) is 11.8 Å². The van der Waals surface area contributed by atoms with Gasteiger partial charge in [-0.15, -0.1) is 0 Å². The molecule has 5 nitrogen and oxygen atoms in total. The molecule has 0 spiro atoms. The summed E-state index contributed by atoms with van der Waals surface area (Å²) in [6.45, 7) is 0.517. The molecule has 0 aliphatic rings. The summed E-state index contributed by atoms with van der Waals surface area (Å²) in [6, 6.07) is 3.83. The maximum absolute atomic E-state index is 11.5. The average Bonchev–Trinajstić information content (AvgIpc) is 2.31. The number of benzene rings is 1. The highest BCUT2D eigenvalue weighted by atomic mass is 35.5. The van der Waals surface area contributed by atoms with E-state index in [4.69, 9.17) is 16.7 Å². The molecule has 0 aliphatic heterocycles. The fraction of sp³-hybridized carbons (Fsp3) is 0.273. The zero-order valence-electron chi connectivity index (χ0n) is 9.70. The van der Waals surface area contributed by atoms with Gasteiger partial charge in [-0.05, 0) is 24.5 Å². The van der Waals surface area contributed by atoms with Crippen LogP contribution in [0.4, 0.5) is 10.5 Å². The minimum absolute atomic E-state index is 0.0393. The van der Waals surface area contributed by atoms with Crippen LogP contribution in [0.5, 0.6) is 0 Å². The lowest BCUT2D eigenvalue weighted by Gasteiger charge is -2.09. The Morgan fingerprint density at radius 1 is 1.44 bits per heavy atom. The molecular weight excluding hydrogens is 276 g/mol. The molecule has 1 aromatic rings. The zero-order chi connectivity index (χ0) is 13.5. The first-order valence-electron chi connectivity index (χ1n) is 5.11. The highest BCUT2D eigenvalue weighted by Crippen LogP contribution is 2.20. The van der Waals surface area contributed by atoms with Crippen LogP contribution in [0.25, 0.3) is 0 Å². The van der Waals surface area contributed by atoms with Crippen LogP contribution in [0.2, 0.25) is 5.02 Å².